The van der Waals surface area contributed by atoms with E-state index in [1.54, 1.807) is 0 Å². The molecule has 0 aliphatic carbocycles. The summed E-state index contributed by atoms with van der Waals surface area (Å²) in [5, 5.41) is 4.27. The van der Waals surface area contributed by atoms with Crippen LogP contribution in [0.25, 0.3) is 11.0 Å². The molecule has 1 N–H and O–H groups in total. The van der Waals surface area contributed by atoms with E-state index in [1.165, 1.54) is 5.82 Å². The summed E-state index contributed by atoms with van der Waals surface area (Å²) in [6.45, 7) is 6.66. The number of nitrogens with one attached hydrogen (secondary N) is 1. The number of nitrogens with zero attached hydrogens (tertiary/aromatic N) is 2. The molecule has 0 saturated carbocycles. The lowest BCUT2D eigenvalue weighted by molar-refractivity contribution is 0.311. The van der Waals surface area contributed by atoms with E-state index in [-0.39, 0.29) is 5.41 Å². The minimum Gasteiger partial charge on any atom is -0.331 e. The van der Waals surface area contributed by atoms with Gasteiger partial charge in [0, 0.05) is 24.0 Å². The smallest absolute Gasteiger partial charge is 0.117 e. The molecule has 3 nitrogen and oxygen atoms in total. The van der Waals surface area contributed by atoms with Crippen molar-refractivity contribution in [3.63, 3.8) is 0 Å². The van der Waals surface area contributed by atoms with E-state index in [0.717, 1.165) is 35.6 Å². The molecule has 102 valence electrons. The van der Waals surface area contributed by atoms with Gasteiger partial charge in [0.1, 0.15) is 5.82 Å². The van der Waals surface area contributed by atoms with Crippen LogP contribution < -0.4 is 5.32 Å². The first-order chi connectivity index (χ1) is 9.04. The van der Waals surface area contributed by atoms with Crippen LogP contribution in [0.15, 0.2) is 18.2 Å². The van der Waals surface area contributed by atoms with Gasteiger partial charge in [-0.2, -0.15) is 0 Å². The van der Waals surface area contributed by atoms with Crippen LogP contribution in [0.2, 0.25) is 5.02 Å². The Morgan fingerprint density at radius 2 is 2.21 bits per heavy atom. The summed E-state index contributed by atoms with van der Waals surface area (Å²) in [6.07, 6.45) is 1.15. The molecule has 1 aliphatic rings. The van der Waals surface area contributed by atoms with Crippen molar-refractivity contribution in [2.45, 2.75) is 25.7 Å². The topological polar surface area (TPSA) is 29.9 Å². The lowest BCUT2D eigenvalue weighted by Gasteiger charge is -2.32. The van der Waals surface area contributed by atoms with Crippen molar-refractivity contribution in [1.82, 2.24) is 14.9 Å². The minimum atomic E-state index is 0.139. The van der Waals surface area contributed by atoms with Gasteiger partial charge in [-0.05, 0) is 37.1 Å². The predicted octanol–water partition coefficient (Wildman–Crippen LogP) is 3.11. The fourth-order valence-electron chi connectivity index (χ4n) is 3.26. The highest BCUT2D eigenvalue weighted by atomic mass is 35.5. The first-order valence-electron chi connectivity index (χ1n) is 6.88. The third-order valence-electron chi connectivity index (χ3n) is 4.58. The Hall–Kier alpha value is -1.06. The number of fused-ring (bicyclic) bond motifs is 1. The average molecular weight is 278 g/mol. The number of aromatic nitrogens is 2. The molecule has 2 aromatic rings. The van der Waals surface area contributed by atoms with Crippen molar-refractivity contribution in [1.29, 1.82) is 0 Å². The van der Waals surface area contributed by atoms with E-state index in [4.69, 9.17) is 16.6 Å². The number of benzene rings is 1. The number of aryl methyl sites for hydroxylation is 1. The molecule has 0 bridgehead atoms. The number of hydrogen-bond donors (Lipinski definition) is 1. The predicted molar refractivity (Wildman–Crippen MR) is 79.7 cm³/mol. The Morgan fingerprint density at radius 1 is 1.42 bits per heavy atom. The van der Waals surface area contributed by atoms with Crippen molar-refractivity contribution in [3.05, 3.63) is 29.0 Å². The maximum absolute atomic E-state index is 6.10. The molecule has 1 atom stereocenters. The molecule has 0 spiro atoms. The highest BCUT2D eigenvalue weighted by Gasteiger charge is 2.42. The molecular formula is C15H20ClN3. The summed E-state index contributed by atoms with van der Waals surface area (Å²) >= 11 is 6.10. The van der Waals surface area contributed by atoms with E-state index in [1.807, 2.05) is 18.2 Å². The molecule has 1 aromatic heterocycles. The molecule has 1 aromatic carbocycles. The normalized spacial score (nSPS) is 23.6. The van der Waals surface area contributed by atoms with Crippen molar-refractivity contribution < 1.29 is 0 Å². The molecule has 1 aliphatic heterocycles. The van der Waals surface area contributed by atoms with Crippen molar-refractivity contribution in [2.24, 2.45) is 13.0 Å². The van der Waals surface area contributed by atoms with Crippen molar-refractivity contribution in [2.75, 3.05) is 13.1 Å². The fourth-order valence-corrected chi connectivity index (χ4v) is 3.43. The Balaban J connectivity index is 2.22. The summed E-state index contributed by atoms with van der Waals surface area (Å²) in [5.41, 5.74) is 2.29. The van der Waals surface area contributed by atoms with E-state index < -0.39 is 0 Å². The standard InChI is InChI=1S/C15H20ClN3/c1-10(2)15(6-7-17-9-15)14-18-12-5-4-11(16)8-13(12)19(14)3/h4-5,8,10,17H,6-7,9H2,1-3H3. The molecule has 19 heavy (non-hydrogen) atoms. The summed E-state index contributed by atoms with van der Waals surface area (Å²) in [4.78, 5) is 4.89. The van der Waals surface area contributed by atoms with E-state index in [2.05, 4.69) is 30.8 Å². The summed E-state index contributed by atoms with van der Waals surface area (Å²) in [6, 6.07) is 5.93. The van der Waals surface area contributed by atoms with Gasteiger partial charge < -0.3 is 9.88 Å². The highest BCUT2D eigenvalue weighted by molar-refractivity contribution is 6.31. The Labute approximate surface area is 119 Å². The number of rotatable bonds is 2. The number of hydrogen-bond acceptors (Lipinski definition) is 2. The van der Waals surface area contributed by atoms with Crippen LogP contribution in [0.5, 0.6) is 0 Å². The highest BCUT2D eigenvalue weighted by Crippen LogP contribution is 2.38. The van der Waals surface area contributed by atoms with Crippen LogP contribution in [0.4, 0.5) is 0 Å². The van der Waals surface area contributed by atoms with Gasteiger partial charge >= 0.3 is 0 Å². The van der Waals surface area contributed by atoms with Crippen LogP contribution in [0.1, 0.15) is 26.1 Å². The zero-order valence-corrected chi connectivity index (χ0v) is 12.5. The zero-order valence-electron chi connectivity index (χ0n) is 11.7. The molecule has 3 rings (SSSR count). The summed E-state index contributed by atoms with van der Waals surface area (Å²) in [7, 11) is 2.10. The van der Waals surface area contributed by atoms with Crippen molar-refractivity contribution in [3.8, 4) is 0 Å². The van der Waals surface area contributed by atoms with Crippen LogP contribution in [0.3, 0.4) is 0 Å². The zero-order chi connectivity index (χ0) is 13.6. The second-order valence-electron chi connectivity index (χ2n) is 5.87. The molecule has 0 amide bonds. The van der Waals surface area contributed by atoms with E-state index in [0.29, 0.717) is 5.92 Å². The average Bonchev–Trinajstić information content (AvgIpc) is 2.96. The molecular weight excluding hydrogens is 258 g/mol. The van der Waals surface area contributed by atoms with Gasteiger partial charge in [0.2, 0.25) is 0 Å². The third-order valence-corrected chi connectivity index (χ3v) is 4.82. The molecule has 4 heteroatoms. The second-order valence-corrected chi connectivity index (χ2v) is 6.30. The van der Waals surface area contributed by atoms with Crippen LogP contribution >= 0.6 is 11.6 Å². The first kappa shape index (κ1) is 12.9. The Kier molecular flexibility index (Phi) is 3.06. The quantitative estimate of drug-likeness (QED) is 0.914. The van der Waals surface area contributed by atoms with Gasteiger partial charge in [0.25, 0.3) is 0 Å². The first-order valence-corrected chi connectivity index (χ1v) is 7.25. The van der Waals surface area contributed by atoms with Crippen LogP contribution in [-0.2, 0) is 12.5 Å². The third kappa shape index (κ3) is 1.87. The largest absolute Gasteiger partial charge is 0.331 e. The van der Waals surface area contributed by atoms with Gasteiger partial charge in [-0.15, -0.1) is 0 Å². The molecule has 2 heterocycles. The lowest BCUT2D eigenvalue weighted by atomic mass is 9.75. The SMILES string of the molecule is CC(C)C1(c2nc3ccc(Cl)cc3n2C)CCNC1. The summed E-state index contributed by atoms with van der Waals surface area (Å²) in [5.74, 6) is 1.75. The number of halogens is 1. The van der Waals surface area contributed by atoms with Gasteiger partial charge in [0.05, 0.1) is 11.0 Å². The van der Waals surface area contributed by atoms with Gasteiger partial charge in [-0.25, -0.2) is 4.98 Å². The van der Waals surface area contributed by atoms with Gasteiger partial charge in [-0.1, -0.05) is 25.4 Å². The minimum absolute atomic E-state index is 0.139. The number of imidazole rings is 1. The monoisotopic (exact) mass is 277 g/mol. The van der Waals surface area contributed by atoms with E-state index in [9.17, 15) is 0 Å². The maximum atomic E-state index is 6.10. The van der Waals surface area contributed by atoms with Gasteiger partial charge in [-0.3, -0.25) is 0 Å². The molecule has 1 fully saturated rings. The van der Waals surface area contributed by atoms with Crippen LogP contribution in [0, 0.1) is 5.92 Å². The summed E-state index contributed by atoms with van der Waals surface area (Å²) < 4.78 is 2.22. The fraction of sp³-hybridized carbons (Fsp3) is 0.533. The maximum Gasteiger partial charge on any atom is 0.117 e. The molecule has 1 unspecified atom stereocenters. The Bertz CT molecular complexity index is 609. The second kappa shape index (κ2) is 4.50. The van der Waals surface area contributed by atoms with Crippen LogP contribution in [-0.4, -0.2) is 22.6 Å². The van der Waals surface area contributed by atoms with Gasteiger partial charge in [0.15, 0.2) is 0 Å². The lowest BCUT2D eigenvalue weighted by Crippen LogP contribution is -2.37. The molecule has 0 radical (unpaired) electrons. The molecule has 1 saturated heterocycles. The van der Waals surface area contributed by atoms with E-state index >= 15 is 0 Å². The van der Waals surface area contributed by atoms with Crippen molar-refractivity contribution >= 4 is 22.6 Å². The Morgan fingerprint density at radius 3 is 2.84 bits per heavy atom.